The Morgan fingerprint density at radius 3 is 2.30 bits per heavy atom. The molecular weight excluding hydrogens is 324 g/mol. The van der Waals surface area contributed by atoms with Crippen molar-refractivity contribution in [3.8, 4) is 0 Å². The highest BCUT2D eigenvalue weighted by atomic mass is 35.5. The molecule has 0 aliphatic rings. The lowest BCUT2D eigenvalue weighted by molar-refractivity contribution is -0.151. The van der Waals surface area contributed by atoms with Gasteiger partial charge in [-0.25, -0.2) is 8.42 Å². The summed E-state index contributed by atoms with van der Waals surface area (Å²) >= 11 is 6.68. The highest BCUT2D eigenvalue weighted by Gasteiger charge is 2.26. The van der Waals surface area contributed by atoms with E-state index < -0.39 is 38.7 Å². The molecule has 0 spiro atoms. The van der Waals surface area contributed by atoms with E-state index in [-0.39, 0.29) is 4.88 Å². The van der Waals surface area contributed by atoms with Gasteiger partial charge >= 0.3 is 5.97 Å². The number of carbonyl (C=O) groups is 2. The molecule has 0 aliphatic carbocycles. The summed E-state index contributed by atoms with van der Waals surface area (Å²) in [5.41, 5.74) is -0.766. The van der Waals surface area contributed by atoms with Crippen LogP contribution in [0.3, 0.4) is 0 Å². The number of hydrogen-bond acceptors (Lipinski definition) is 6. The minimum Gasteiger partial charge on any atom is -0.459 e. The van der Waals surface area contributed by atoms with Gasteiger partial charge in [-0.15, -0.1) is 11.3 Å². The number of hydrogen-bond donors (Lipinski definition) is 0. The van der Waals surface area contributed by atoms with Gasteiger partial charge in [-0.2, -0.15) is 0 Å². The van der Waals surface area contributed by atoms with Crippen molar-refractivity contribution >= 4 is 44.5 Å². The summed E-state index contributed by atoms with van der Waals surface area (Å²) in [5, 5.41) is 0. The van der Waals surface area contributed by atoms with Crippen molar-refractivity contribution in [1.29, 1.82) is 0 Å². The van der Waals surface area contributed by atoms with Gasteiger partial charge in [0.25, 0.3) is 0 Å². The van der Waals surface area contributed by atoms with E-state index in [0.29, 0.717) is 4.34 Å². The molecule has 1 aromatic rings. The van der Waals surface area contributed by atoms with Gasteiger partial charge in [-0.3, -0.25) is 9.59 Å². The fourth-order valence-corrected chi connectivity index (χ4v) is 3.48. The molecule has 0 aliphatic heterocycles. The topological polar surface area (TPSA) is 77.5 Å². The molecule has 0 aromatic carbocycles. The Morgan fingerprint density at radius 2 is 1.85 bits per heavy atom. The molecule has 0 fully saturated rings. The molecule has 8 heteroatoms. The van der Waals surface area contributed by atoms with Crippen LogP contribution in [-0.4, -0.2) is 37.3 Å². The van der Waals surface area contributed by atoms with Crippen molar-refractivity contribution in [3.05, 3.63) is 21.3 Å². The number of ether oxygens (including phenoxy) is 1. The maximum absolute atomic E-state index is 11.8. The van der Waals surface area contributed by atoms with Crippen molar-refractivity contribution in [2.45, 2.75) is 26.4 Å². The van der Waals surface area contributed by atoms with Crippen molar-refractivity contribution in [3.63, 3.8) is 0 Å². The lowest BCUT2D eigenvalue weighted by Gasteiger charge is -2.19. The summed E-state index contributed by atoms with van der Waals surface area (Å²) in [4.78, 5) is 23.5. The average molecular weight is 339 g/mol. The van der Waals surface area contributed by atoms with Crippen LogP contribution >= 0.6 is 22.9 Å². The van der Waals surface area contributed by atoms with Gasteiger partial charge in [0.15, 0.2) is 15.6 Å². The Morgan fingerprint density at radius 1 is 1.25 bits per heavy atom. The predicted molar refractivity (Wildman–Crippen MR) is 78.2 cm³/mol. The molecule has 0 amide bonds. The van der Waals surface area contributed by atoms with Crippen LogP contribution in [0.1, 0.15) is 30.4 Å². The van der Waals surface area contributed by atoms with Gasteiger partial charge < -0.3 is 4.74 Å². The Bertz CT molecular complexity index is 610. The Hall–Kier alpha value is -0.920. The highest BCUT2D eigenvalue weighted by molar-refractivity contribution is 7.92. The van der Waals surface area contributed by atoms with Crippen molar-refractivity contribution in [2.75, 3.05) is 11.5 Å². The Balaban J connectivity index is 2.66. The third-order valence-electron chi connectivity index (χ3n) is 1.96. The lowest BCUT2D eigenvalue weighted by atomic mass is 10.2. The number of ketones is 1. The maximum Gasteiger partial charge on any atom is 0.321 e. The molecule has 112 valence electrons. The summed E-state index contributed by atoms with van der Waals surface area (Å²) in [6.07, 6.45) is 0. The third kappa shape index (κ3) is 6.02. The second kappa shape index (κ2) is 6.24. The fraction of sp³-hybridized carbons (Fsp3) is 0.500. The van der Waals surface area contributed by atoms with Crippen LogP contribution in [0.15, 0.2) is 12.1 Å². The number of esters is 1. The summed E-state index contributed by atoms with van der Waals surface area (Å²) < 4.78 is 28.9. The first-order valence-corrected chi connectivity index (χ1v) is 8.71. The zero-order valence-electron chi connectivity index (χ0n) is 11.3. The molecule has 0 bridgehead atoms. The monoisotopic (exact) mass is 338 g/mol. The van der Waals surface area contributed by atoms with Crippen LogP contribution in [0.2, 0.25) is 4.34 Å². The smallest absolute Gasteiger partial charge is 0.321 e. The third-order valence-corrected chi connectivity index (χ3v) is 4.61. The summed E-state index contributed by atoms with van der Waals surface area (Å²) in [7, 11) is -3.85. The number of thiophene rings is 1. The zero-order valence-corrected chi connectivity index (χ0v) is 13.7. The minimum absolute atomic E-state index is 0.253. The van der Waals surface area contributed by atoms with Gasteiger partial charge in [0, 0.05) is 0 Å². The lowest BCUT2D eigenvalue weighted by Crippen LogP contribution is -2.30. The molecule has 0 radical (unpaired) electrons. The van der Waals surface area contributed by atoms with Crippen molar-refractivity contribution in [1.82, 2.24) is 0 Å². The van der Waals surface area contributed by atoms with Gasteiger partial charge in [-0.05, 0) is 32.9 Å². The number of sulfone groups is 1. The minimum atomic E-state index is -3.85. The molecule has 1 aromatic heterocycles. The molecule has 0 N–H and O–H groups in total. The SMILES string of the molecule is CC(C)(C)OC(=O)CS(=O)(=O)CC(=O)c1ccc(Cl)s1. The molecule has 0 saturated heterocycles. The van der Waals surface area contributed by atoms with Crippen LogP contribution in [0.4, 0.5) is 0 Å². The van der Waals surface area contributed by atoms with E-state index in [9.17, 15) is 18.0 Å². The second-order valence-electron chi connectivity index (χ2n) is 5.15. The summed E-state index contributed by atoms with van der Waals surface area (Å²) in [6, 6.07) is 2.97. The Kier molecular flexibility index (Phi) is 5.34. The highest BCUT2D eigenvalue weighted by Crippen LogP contribution is 2.22. The van der Waals surface area contributed by atoms with Gasteiger partial charge in [0.2, 0.25) is 0 Å². The van der Waals surface area contributed by atoms with Crippen LogP contribution in [0, 0.1) is 0 Å². The number of Topliss-reactive ketones (excluding diaryl/α,β-unsaturated/α-hetero) is 1. The normalized spacial score (nSPS) is 12.2. The van der Waals surface area contributed by atoms with E-state index in [1.54, 1.807) is 20.8 Å². The largest absolute Gasteiger partial charge is 0.459 e. The maximum atomic E-state index is 11.8. The number of carbonyl (C=O) groups excluding carboxylic acids is 2. The first-order valence-electron chi connectivity index (χ1n) is 5.69. The van der Waals surface area contributed by atoms with Crippen molar-refractivity contribution < 1.29 is 22.7 Å². The molecule has 1 rings (SSSR count). The predicted octanol–water partition coefficient (Wildman–Crippen LogP) is 2.34. The molecule has 0 unspecified atom stereocenters. The quantitative estimate of drug-likeness (QED) is 0.608. The van der Waals surface area contributed by atoms with Crippen LogP contribution in [0.5, 0.6) is 0 Å². The molecule has 5 nitrogen and oxygen atoms in total. The zero-order chi connectivity index (χ0) is 15.6. The van der Waals surface area contributed by atoms with Gasteiger partial charge in [0.1, 0.15) is 17.1 Å². The van der Waals surface area contributed by atoms with E-state index in [1.165, 1.54) is 12.1 Å². The van der Waals surface area contributed by atoms with E-state index in [1.807, 2.05) is 0 Å². The molecular formula is C12H15ClO5S2. The second-order valence-corrected chi connectivity index (χ2v) is 8.93. The molecule has 0 atom stereocenters. The first-order chi connectivity index (χ1) is 8.98. The van der Waals surface area contributed by atoms with Gasteiger partial charge in [0.05, 0.1) is 9.21 Å². The van der Waals surface area contributed by atoms with Crippen molar-refractivity contribution in [2.24, 2.45) is 0 Å². The van der Waals surface area contributed by atoms with E-state index in [0.717, 1.165) is 11.3 Å². The van der Waals surface area contributed by atoms with Crippen LogP contribution < -0.4 is 0 Å². The van der Waals surface area contributed by atoms with E-state index >= 15 is 0 Å². The Labute approximate surface area is 126 Å². The molecule has 0 saturated carbocycles. The van der Waals surface area contributed by atoms with E-state index in [2.05, 4.69) is 0 Å². The van der Waals surface area contributed by atoms with E-state index in [4.69, 9.17) is 16.3 Å². The van der Waals surface area contributed by atoms with Crippen LogP contribution in [0.25, 0.3) is 0 Å². The summed E-state index contributed by atoms with van der Waals surface area (Å²) in [5.74, 6) is -2.99. The fourth-order valence-electron chi connectivity index (χ4n) is 1.34. The summed E-state index contributed by atoms with van der Waals surface area (Å²) in [6.45, 7) is 4.91. The van der Waals surface area contributed by atoms with Crippen LogP contribution in [-0.2, 0) is 19.4 Å². The first kappa shape index (κ1) is 17.1. The number of rotatable bonds is 5. The molecule has 1 heterocycles. The molecule has 20 heavy (non-hydrogen) atoms. The standard InChI is InChI=1S/C12H15ClO5S2/c1-12(2,3)18-11(15)7-20(16,17)6-8(14)9-4-5-10(13)19-9/h4-5H,6-7H2,1-3H3. The average Bonchev–Trinajstić information content (AvgIpc) is 2.59. The van der Waals surface area contributed by atoms with Gasteiger partial charge in [-0.1, -0.05) is 11.6 Å². The number of halogens is 1.